The lowest BCUT2D eigenvalue weighted by Crippen LogP contribution is -1.93. The second kappa shape index (κ2) is 9.65. The van der Waals surface area contributed by atoms with E-state index in [0.29, 0.717) is 0 Å². The fourth-order valence-corrected chi connectivity index (χ4v) is 7.42. The molecule has 0 atom stereocenters. The topological polar surface area (TPSA) is 31.0 Å². The maximum atomic E-state index is 6.22. The summed E-state index contributed by atoms with van der Waals surface area (Å²) in [6.07, 6.45) is 3.80. The van der Waals surface area contributed by atoms with Crippen LogP contribution < -0.4 is 0 Å². The molecule has 0 fully saturated rings. The van der Waals surface area contributed by atoms with Gasteiger partial charge in [-0.3, -0.25) is 4.98 Å². The van der Waals surface area contributed by atoms with Gasteiger partial charge in [-0.05, 0) is 98.9 Å². The Balaban J connectivity index is 1.36. The van der Waals surface area contributed by atoms with Crippen LogP contribution in [0.5, 0.6) is 0 Å². The van der Waals surface area contributed by atoms with Crippen LogP contribution in [0.2, 0.25) is 0 Å². The number of para-hydroxylation sites is 3. The summed E-state index contributed by atoms with van der Waals surface area (Å²) in [4.78, 5) is 4.49. The summed E-state index contributed by atoms with van der Waals surface area (Å²) in [5, 5.41) is 9.65. The van der Waals surface area contributed by atoms with E-state index in [1.165, 1.54) is 54.5 Å². The van der Waals surface area contributed by atoms with Gasteiger partial charge in [0.05, 0.1) is 11.0 Å². The smallest absolute Gasteiger partial charge is 0.135 e. The highest BCUT2D eigenvalue weighted by Gasteiger charge is 2.19. The van der Waals surface area contributed by atoms with Crippen molar-refractivity contribution in [1.82, 2.24) is 9.55 Å². The largest absolute Gasteiger partial charge is 0.456 e. The number of pyridine rings is 1. The van der Waals surface area contributed by atoms with Gasteiger partial charge in [0, 0.05) is 45.2 Å². The molecule has 214 valence electrons. The number of aromatic nitrogens is 2. The van der Waals surface area contributed by atoms with Gasteiger partial charge in [0.1, 0.15) is 11.2 Å². The maximum absolute atomic E-state index is 6.22. The Bertz CT molecular complexity index is 2790. The zero-order valence-electron chi connectivity index (χ0n) is 24.8. The van der Waals surface area contributed by atoms with Gasteiger partial charge in [0.2, 0.25) is 0 Å². The van der Waals surface area contributed by atoms with Crippen molar-refractivity contribution in [3.05, 3.63) is 158 Å². The Labute approximate surface area is 264 Å². The Morgan fingerprint density at radius 3 is 2.15 bits per heavy atom. The molecule has 0 aliphatic heterocycles. The Morgan fingerprint density at radius 1 is 0.457 bits per heavy atom. The molecule has 10 rings (SSSR count). The fourth-order valence-electron chi connectivity index (χ4n) is 7.42. The van der Waals surface area contributed by atoms with E-state index in [1.807, 2.05) is 30.6 Å². The highest BCUT2D eigenvalue weighted by Crippen LogP contribution is 2.44. The van der Waals surface area contributed by atoms with Crippen molar-refractivity contribution < 1.29 is 4.42 Å². The zero-order valence-corrected chi connectivity index (χ0v) is 24.8. The normalized spacial score (nSPS) is 11.9. The lowest BCUT2D eigenvalue weighted by atomic mass is 9.88. The minimum absolute atomic E-state index is 0.900. The summed E-state index contributed by atoms with van der Waals surface area (Å²) in [6.45, 7) is 0. The Morgan fingerprint density at radius 2 is 1.26 bits per heavy atom. The number of nitrogens with zero attached hydrogens (tertiary/aromatic N) is 2. The van der Waals surface area contributed by atoms with Gasteiger partial charge in [-0.15, -0.1) is 0 Å². The van der Waals surface area contributed by atoms with Gasteiger partial charge in [-0.25, -0.2) is 0 Å². The number of fused-ring (bicyclic) bond motifs is 9. The molecule has 7 aromatic carbocycles. The predicted molar refractivity (Wildman–Crippen MR) is 192 cm³/mol. The summed E-state index contributed by atoms with van der Waals surface area (Å²) in [5.74, 6) is 0. The monoisotopic (exact) mass is 586 g/mol. The van der Waals surface area contributed by atoms with Crippen LogP contribution >= 0.6 is 0 Å². The van der Waals surface area contributed by atoms with Crippen molar-refractivity contribution in [3.8, 4) is 27.9 Å². The third-order valence-corrected chi connectivity index (χ3v) is 9.44. The second-order valence-electron chi connectivity index (χ2n) is 12.0. The quantitative estimate of drug-likeness (QED) is 0.193. The van der Waals surface area contributed by atoms with Crippen molar-refractivity contribution in [1.29, 1.82) is 0 Å². The van der Waals surface area contributed by atoms with Crippen LogP contribution in [-0.2, 0) is 0 Å². The summed E-state index contributed by atoms with van der Waals surface area (Å²) in [7, 11) is 0. The zero-order chi connectivity index (χ0) is 30.2. The van der Waals surface area contributed by atoms with E-state index in [0.717, 1.165) is 38.8 Å². The molecule has 0 saturated carbocycles. The third-order valence-electron chi connectivity index (χ3n) is 9.44. The van der Waals surface area contributed by atoms with E-state index in [2.05, 4.69) is 137 Å². The summed E-state index contributed by atoms with van der Waals surface area (Å²) < 4.78 is 8.61. The lowest BCUT2D eigenvalue weighted by molar-refractivity contribution is 0.669. The molecule has 0 aliphatic carbocycles. The first-order valence-corrected chi connectivity index (χ1v) is 15.6. The van der Waals surface area contributed by atoms with Gasteiger partial charge in [0.25, 0.3) is 0 Å². The molecule has 0 aliphatic rings. The molecule has 0 radical (unpaired) electrons. The van der Waals surface area contributed by atoms with Gasteiger partial charge >= 0.3 is 0 Å². The number of hydrogen-bond acceptors (Lipinski definition) is 2. The van der Waals surface area contributed by atoms with Gasteiger partial charge in [0.15, 0.2) is 0 Å². The van der Waals surface area contributed by atoms with E-state index in [4.69, 9.17) is 4.42 Å². The molecular formula is C43H26N2O. The van der Waals surface area contributed by atoms with Crippen molar-refractivity contribution in [2.24, 2.45) is 0 Å². The van der Waals surface area contributed by atoms with Crippen LogP contribution in [-0.4, -0.2) is 9.55 Å². The van der Waals surface area contributed by atoms with Crippen molar-refractivity contribution in [3.63, 3.8) is 0 Å². The SMILES string of the molecule is c1ccc(-n2c3ccccc3c3cc4c(cc(-c5ccc6oc7ccccc7c6c5)c5c(-c6cccnc6)cccc54)cc32)cc1. The van der Waals surface area contributed by atoms with E-state index in [-0.39, 0.29) is 0 Å². The molecule has 0 spiro atoms. The molecule has 10 aromatic rings. The maximum Gasteiger partial charge on any atom is 0.135 e. The first kappa shape index (κ1) is 25.2. The highest BCUT2D eigenvalue weighted by atomic mass is 16.3. The molecule has 0 unspecified atom stereocenters. The van der Waals surface area contributed by atoms with Crippen molar-refractivity contribution in [2.75, 3.05) is 0 Å². The Kier molecular flexibility index (Phi) is 5.28. The molecule has 46 heavy (non-hydrogen) atoms. The summed E-state index contributed by atoms with van der Waals surface area (Å²) >= 11 is 0. The lowest BCUT2D eigenvalue weighted by Gasteiger charge is -2.16. The average molecular weight is 587 g/mol. The molecule has 0 saturated heterocycles. The van der Waals surface area contributed by atoms with Gasteiger partial charge < -0.3 is 8.98 Å². The molecular weight excluding hydrogens is 560 g/mol. The second-order valence-corrected chi connectivity index (χ2v) is 12.0. The van der Waals surface area contributed by atoms with E-state index < -0.39 is 0 Å². The van der Waals surface area contributed by atoms with E-state index in [9.17, 15) is 0 Å². The molecule has 3 nitrogen and oxygen atoms in total. The number of benzene rings is 7. The number of rotatable bonds is 3. The molecule has 3 heterocycles. The van der Waals surface area contributed by atoms with Crippen LogP contribution in [0.4, 0.5) is 0 Å². The molecule has 3 aromatic heterocycles. The first-order chi connectivity index (χ1) is 22.8. The number of hydrogen-bond donors (Lipinski definition) is 0. The highest BCUT2D eigenvalue weighted by molar-refractivity contribution is 6.23. The summed E-state index contributed by atoms with van der Waals surface area (Å²) in [5.41, 5.74) is 9.99. The minimum Gasteiger partial charge on any atom is -0.456 e. The first-order valence-electron chi connectivity index (χ1n) is 15.6. The van der Waals surface area contributed by atoms with E-state index >= 15 is 0 Å². The average Bonchev–Trinajstić information content (AvgIpc) is 3.66. The van der Waals surface area contributed by atoms with Gasteiger partial charge in [-0.1, -0.05) is 84.9 Å². The molecule has 0 amide bonds. The fraction of sp³-hybridized carbons (Fsp3) is 0. The van der Waals surface area contributed by atoms with Crippen molar-refractivity contribution >= 4 is 65.3 Å². The molecule has 0 N–H and O–H groups in total. The van der Waals surface area contributed by atoms with Crippen molar-refractivity contribution in [2.45, 2.75) is 0 Å². The predicted octanol–water partition coefficient (Wildman–Crippen LogP) is 11.7. The number of furan rings is 1. The minimum atomic E-state index is 0.900. The third kappa shape index (κ3) is 3.63. The molecule has 3 heteroatoms. The van der Waals surface area contributed by atoms with Crippen LogP contribution in [0.15, 0.2) is 162 Å². The van der Waals surface area contributed by atoms with Crippen LogP contribution in [0.25, 0.3) is 93.2 Å². The van der Waals surface area contributed by atoms with Crippen LogP contribution in [0.3, 0.4) is 0 Å². The van der Waals surface area contributed by atoms with Crippen LogP contribution in [0.1, 0.15) is 0 Å². The van der Waals surface area contributed by atoms with E-state index in [1.54, 1.807) is 0 Å². The molecule has 0 bridgehead atoms. The Hall–Kier alpha value is -6.19. The summed E-state index contributed by atoms with van der Waals surface area (Å²) in [6, 6.07) is 52.3. The van der Waals surface area contributed by atoms with Crippen LogP contribution in [0, 0.1) is 0 Å². The van der Waals surface area contributed by atoms with Gasteiger partial charge in [-0.2, -0.15) is 0 Å². The standard InChI is InChI=1S/C43H26N2O/c1-2-11-30(12-3-1)45-39-17-6-4-13-32(39)37-25-35-29(24-40(37)45)23-36(43-31(15-8-16-34(35)43)28-10-9-21-44-26-28)27-19-20-42-38(22-27)33-14-5-7-18-41(33)46-42/h1-26H.